The maximum atomic E-state index is 12.3. The van der Waals surface area contributed by atoms with Crippen LogP contribution in [-0.2, 0) is 10.2 Å². The van der Waals surface area contributed by atoms with Gasteiger partial charge in [-0.05, 0) is 13.3 Å². The number of aliphatic carboxylic acids is 1. The maximum absolute atomic E-state index is 12.3. The Kier molecular flexibility index (Phi) is 3.30. The van der Waals surface area contributed by atoms with Crippen LogP contribution in [0.2, 0.25) is 5.15 Å². The second-order valence-electron chi connectivity index (χ2n) is 5.25. The van der Waals surface area contributed by atoms with Gasteiger partial charge in [-0.1, -0.05) is 25.4 Å². The Balaban J connectivity index is 2.74. The average molecular weight is 286 g/mol. The molecule has 1 aromatic rings. The minimum atomic E-state index is -1.03. The lowest BCUT2D eigenvalue weighted by atomic mass is 9.87. The predicted molar refractivity (Wildman–Crippen MR) is 72.0 cm³/mol. The quantitative estimate of drug-likeness (QED) is 0.882. The number of halogens is 1. The van der Waals surface area contributed by atoms with Crippen LogP contribution < -0.4 is 10.9 Å². The summed E-state index contributed by atoms with van der Waals surface area (Å²) in [5, 5.41) is 12.3. The van der Waals surface area contributed by atoms with Crippen LogP contribution in [0.5, 0.6) is 0 Å². The fourth-order valence-electron chi connectivity index (χ4n) is 2.57. The Hall–Kier alpha value is -1.56. The predicted octanol–water partition coefficient (Wildman–Crippen LogP) is 1.64. The normalized spacial score (nSPS) is 20.1. The second-order valence-corrected chi connectivity index (χ2v) is 5.61. The molecule has 1 atom stereocenters. The fourth-order valence-corrected chi connectivity index (χ4v) is 3.00. The van der Waals surface area contributed by atoms with Crippen LogP contribution in [0.4, 0.5) is 5.82 Å². The van der Waals surface area contributed by atoms with E-state index in [9.17, 15) is 14.7 Å². The number of hydrogen-bond acceptors (Lipinski definition) is 4. The Bertz CT molecular complexity index is 595. The molecule has 1 aromatic heterocycles. The van der Waals surface area contributed by atoms with Gasteiger partial charge < -0.3 is 10.4 Å². The highest BCUT2D eigenvalue weighted by Crippen LogP contribution is 2.42. The van der Waals surface area contributed by atoms with E-state index in [-0.39, 0.29) is 11.0 Å². The molecular weight excluding hydrogens is 270 g/mol. The molecule has 0 unspecified atom stereocenters. The summed E-state index contributed by atoms with van der Waals surface area (Å²) in [6.45, 7) is 6.06. The highest BCUT2D eigenvalue weighted by atomic mass is 35.5. The van der Waals surface area contributed by atoms with E-state index in [0.717, 1.165) is 0 Å². The van der Waals surface area contributed by atoms with E-state index in [1.165, 1.54) is 4.57 Å². The van der Waals surface area contributed by atoms with Gasteiger partial charge in [0.1, 0.15) is 6.04 Å². The molecule has 19 heavy (non-hydrogen) atoms. The first-order valence-corrected chi connectivity index (χ1v) is 6.46. The molecule has 1 aliphatic rings. The SMILES string of the molecule is CCNc1nc(Cl)c2n(c1=O)[C@H](C(=O)O)CC2(C)C. The molecule has 0 saturated carbocycles. The Morgan fingerprint density at radius 3 is 2.79 bits per heavy atom. The van der Waals surface area contributed by atoms with Gasteiger partial charge in [0.25, 0.3) is 5.56 Å². The molecule has 0 bridgehead atoms. The van der Waals surface area contributed by atoms with E-state index in [2.05, 4.69) is 10.3 Å². The number of fused-ring (bicyclic) bond motifs is 1. The highest BCUT2D eigenvalue weighted by Gasteiger charge is 2.43. The molecule has 6 nitrogen and oxygen atoms in total. The monoisotopic (exact) mass is 285 g/mol. The summed E-state index contributed by atoms with van der Waals surface area (Å²) in [6, 6.07) is -0.893. The van der Waals surface area contributed by atoms with Crippen LogP contribution in [0.3, 0.4) is 0 Å². The Morgan fingerprint density at radius 2 is 2.26 bits per heavy atom. The molecule has 0 aromatic carbocycles. The lowest BCUT2D eigenvalue weighted by Crippen LogP contribution is -2.31. The Morgan fingerprint density at radius 1 is 1.63 bits per heavy atom. The van der Waals surface area contributed by atoms with Crippen molar-refractivity contribution in [1.29, 1.82) is 0 Å². The van der Waals surface area contributed by atoms with Crippen molar-refractivity contribution >= 4 is 23.4 Å². The van der Waals surface area contributed by atoms with Crippen molar-refractivity contribution in [2.75, 3.05) is 11.9 Å². The number of anilines is 1. The first-order valence-electron chi connectivity index (χ1n) is 6.08. The number of carboxylic acid groups (broad SMARTS) is 1. The molecule has 2 rings (SSSR count). The molecular formula is C12H16ClN3O3. The molecule has 0 saturated heterocycles. The highest BCUT2D eigenvalue weighted by molar-refractivity contribution is 6.30. The number of nitrogens with zero attached hydrogens (tertiary/aromatic N) is 2. The van der Waals surface area contributed by atoms with Crippen LogP contribution in [0.25, 0.3) is 0 Å². The molecule has 0 spiro atoms. The van der Waals surface area contributed by atoms with Gasteiger partial charge in [-0.15, -0.1) is 0 Å². The van der Waals surface area contributed by atoms with E-state index >= 15 is 0 Å². The van der Waals surface area contributed by atoms with E-state index in [4.69, 9.17) is 11.6 Å². The average Bonchev–Trinajstić information content (AvgIpc) is 2.59. The smallest absolute Gasteiger partial charge is 0.326 e. The molecule has 1 aliphatic heterocycles. The summed E-state index contributed by atoms with van der Waals surface area (Å²) in [4.78, 5) is 27.7. The van der Waals surface area contributed by atoms with Crippen LogP contribution in [-0.4, -0.2) is 27.2 Å². The third-order valence-corrected chi connectivity index (χ3v) is 3.62. The molecule has 0 amide bonds. The largest absolute Gasteiger partial charge is 0.480 e. The molecule has 0 aliphatic carbocycles. The van der Waals surface area contributed by atoms with Gasteiger partial charge in [0.15, 0.2) is 11.0 Å². The summed E-state index contributed by atoms with van der Waals surface area (Å²) >= 11 is 6.13. The van der Waals surface area contributed by atoms with E-state index in [0.29, 0.717) is 18.7 Å². The first kappa shape index (κ1) is 13.9. The van der Waals surface area contributed by atoms with Gasteiger partial charge in [0.2, 0.25) is 0 Å². The number of rotatable bonds is 3. The molecule has 104 valence electrons. The van der Waals surface area contributed by atoms with Crippen LogP contribution >= 0.6 is 11.6 Å². The molecule has 7 heteroatoms. The summed E-state index contributed by atoms with van der Waals surface area (Å²) < 4.78 is 1.26. The lowest BCUT2D eigenvalue weighted by Gasteiger charge is -2.18. The Labute approximate surface area is 115 Å². The van der Waals surface area contributed by atoms with E-state index in [1.54, 1.807) is 0 Å². The van der Waals surface area contributed by atoms with Crippen molar-refractivity contribution < 1.29 is 9.90 Å². The number of carboxylic acids is 1. The van der Waals surface area contributed by atoms with Gasteiger partial charge in [-0.25, -0.2) is 9.78 Å². The van der Waals surface area contributed by atoms with Gasteiger partial charge in [0, 0.05) is 12.0 Å². The van der Waals surface area contributed by atoms with Crippen molar-refractivity contribution in [1.82, 2.24) is 9.55 Å². The molecule has 2 N–H and O–H groups in total. The van der Waals surface area contributed by atoms with E-state index < -0.39 is 23.0 Å². The van der Waals surface area contributed by atoms with Crippen molar-refractivity contribution in [2.45, 2.75) is 38.6 Å². The summed E-state index contributed by atoms with van der Waals surface area (Å²) in [5.41, 5.74) is -0.427. The van der Waals surface area contributed by atoms with Gasteiger partial charge >= 0.3 is 5.97 Å². The van der Waals surface area contributed by atoms with Crippen molar-refractivity contribution in [3.05, 3.63) is 21.2 Å². The third-order valence-electron chi connectivity index (χ3n) is 3.35. The minimum Gasteiger partial charge on any atom is -0.480 e. The zero-order valence-corrected chi connectivity index (χ0v) is 11.8. The third kappa shape index (κ3) is 2.10. The number of hydrogen-bond donors (Lipinski definition) is 2. The van der Waals surface area contributed by atoms with Crippen LogP contribution in [0, 0.1) is 0 Å². The van der Waals surface area contributed by atoms with Crippen molar-refractivity contribution in [3.63, 3.8) is 0 Å². The standard InChI is InChI=1S/C12H16ClN3O3/c1-4-14-9-10(17)16-6(11(18)19)5-12(2,3)7(16)8(13)15-9/h6H,4-5H2,1-3H3,(H,14,15)(H,18,19)/t6-/m0/s1. The molecule has 2 heterocycles. The number of nitrogens with one attached hydrogen (secondary N) is 1. The minimum absolute atomic E-state index is 0.0974. The van der Waals surface area contributed by atoms with E-state index in [1.807, 2.05) is 20.8 Å². The summed E-state index contributed by atoms with van der Waals surface area (Å²) in [5.74, 6) is -0.932. The zero-order valence-electron chi connectivity index (χ0n) is 11.0. The summed E-state index contributed by atoms with van der Waals surface area (Å²) in [7, 11) is 0. The topological polar surface area (TPSA) is 84.2 Å². The summed E-state index contributed by atoms with van der Waals surface area (Å²) in [6.07, 6.45) is 0.328. The second kappa shape index (κ2) is 4.52. The number of carbonyl (C=O) groups is 1. The fraction of sp³-hybridized carbons (Fsp3) is 0.583. The van der Waals surface area contributed by atoms with Crippen molar-refractivity contribution in [3.8, 4) is 0 Å². The van der Waals surface area contributed by atoms with Gasteiger partial charge in [-0.2, -0.15) is 0 Å². The van der Waals surface area contributed by atoms with Crippen LogP contribution in [0.1, 0.15) is 38.9 Å². The maximum Gasteiger partial charge on any atom is 0.326 e. The zero-order chi connectivity index (χ0) is 14.4. The molecule has 0 fully saturated rings. The number of aromatic nitrogens is 2. The van der Waals surface area contributed by atoms with Crippen LogP contribution in [0.15, 0.2) is 4.79 Å². The van der Waals surface area contributed by atoms with Gasteiger partial charge in [-0.3, -0.25) is 9.36 Å². The molecule has 0 radical (unpaired) electrons. The van der Waals surface area contributed by atoms with Gasteiger partial charge in [0.05, 0.1) is 5.69 Å². The van der Waals surface area contributed by atoms with Crippen molar-refractivity contribution in [2.24, 2.45) is 0 Å². The first-order chi connectivity index (χ1) is 8.79. The lowest BCUT2D eigenvalue weighted by molar-refractivity contribution is -0.140.